The summed E-state index contributed by atoms with van der Waals surface area (Å²) in [4.78, 5) is 10.2. The van der Waals surface area contributed by atoms with Crippen LogP contribution < -0.4 is 0 Å². The van der Waals surface area contributed by atoms with Crippen LogP contribution in [0.2, 0.25) is 0 Å². The van der Waals surface area contributed by atoms with Crippen molar-refractivity contribution in [2.75, 3.05) is 0 Å². The van der Waals surface area contributed by atoms with Crippen molar-refractivity contribution >= 4 is 12.4 Å². The first kappa shape index (κ1) is 14.2. The SMILES string of the molecule is CC(C)(C)C(/C=C/C=C/C=O)=C/c1ccccc1. The van der Waals surface area contributed by atoms with Crippen molar-refractivity contribution in [2.45, 2.75) is 20.8 Å². The summed E-state index contributed by atoms with van der Waals surface area (Å²) in [6, 6.07) is 10.2. The van der Waals surface area contributed by atoms with Crippen LogP contribution >= 0.6 is 0 Å². The van der Waals surface area contributed by atoms with E-state index in [2.05, 4.69) is 39.0 Å². The maximum absolute atomic E-state index is 10.2. The normalized spacial score (nSPS) is 13.4. The standard InChI is InChI=1S/C17H20O/c1-17(2,3)16(12-8-5-9-13-18)14-15-10-6-4-7-11-15/h4-14H,1-3H3/b9-5+,12-8+,16-14+. The molecule has 0 aliphatic rings. The van der Waals surface area contributed by atoms with E-state index < -0.39 is 0 Å². The second-order valence-corrected chi connectivity index (χ2v) is 5.14. The Morgan fingerprint density at radius 3 is 2.22 bits per heavy atom. The van der Waals surface area contributed by atoms with E-state index in [1.54, 1.807) is 6.08 Å². The van der Waals surface area contributed by atoms with Gasteiger partial charge in [-0.3, -0.25) is 4.79 Å². The Hall–Kier alpha value is -1.89. The predicted octanol–water partition coefficient (Wildman–Crippen LogP) is 4.43. The molecule has 1 nitrogen and oxygen atoms in total. The Bertz CT molecular complexity index is 456. The average Bonchev–Trinajstić information content (AvgIpc) is 2.33. The van der Waals surface area contributed by atoms with Gasteiger partial charge in [0, 0.05) is 0 Å². The molecule has 0 atom stereocenters. The third-order valence-corrected chi connectivity index (χ3v) is 2.56. The summed E-state index contributed by atoms with van der Waals surface area (Å²) in [5.41, 5.74) is 2.48. The van der Waals surface area contributed by atoms with Crippen LogP contribution in [0.4, 0.5) is 0 Å². The summed E-state index contributed by atoms with van der Waals surface area (Å²) in [6.07, 6.45) is 10.1. The van der Waals surface area contributed by atoms with Crippen LogP contribution in [-0.2, 0) is 4.79 Å². The Labute approximate surface area is 110 Å². The van der Waals surface area contributed by atoms with E-state index in [4.69, 9.17) is 0 Å². The van der Waals surface area contributed by atoms with Crippen molar-refractivity contribution in [2.24, 2.45) is 5.41 Å². The van der Waals surface area contributed by atoms with Crippen LogP contribution in [0, 0.1) is 5.41 Å². The Morgan fingerprint density at radius 2 is 1.67 bits per heavy atom. The molecule has 0 spiro atoms. The van der Waals surface area contributed by atoms with Crippen LogP contribution in [0.15, 0.2) is 60.2 Å². The Balaban J connectivity index is 3.00. The minimum Gasteiger partial charge on any atom is -0.299 e. The lowest BCUT2D eigenvalue weighted by atomic mass is 9.85. The second-order valence-electron chi connectivity index (χ2n) is 5.14. The number of carbonyl (C=O) groups excluding carboxylic acids is 1. The van der Waals surface area contributed by atoms with Gasteiger partial charge < -0.3 is 0 Å². The fourth-order valence-electron chi connectivity index (χ4n) is 1.51. The highest BCUT2D eigenvalue weighted by Gasteiger charge is 2.14. The van der Waals surface area contributed by atoms with Gasteiger partial charge in [0.15, 0.2) is 0 Å². The highest BCUT2D eigenvalue weighted by Crippen LogP contribution is 2.28. The molecular formula is C17H20O. The number of aldehydes is 1. The van der Waals surface area contributed by atoms with Gasteiger partial charge in [0.1, 0.15) is 6.29 Å². The molecule has 0 radical (unpaired) electrons. The lowest BCUT2D eigenvalue weighted by Crippen LogP contribution is -2.07. The zero-order valence-corrected chi connectivity index (χ0v) is 11.3. The van der Waals surface area contributed by atoms with Crippen molar-refractivity contribution in [3.05, 3.63) is 65.8 Å². The first-order chi connectivity index (χ1) is 8.54. The van der Waals surface area contributed by atoms with Gasteiger partial charge in [-0.05, 0) is 22.6 Å². The van der Waals surface area contributed by atoms with E-state index in [-0.39, 0.29) is 5.41 Å². The van der Waals surface area contributed by atoms with Crippen LogP contribution in [-0.4, -0.2) is 6.29 Å². The van der Waals surface area contributed by atoms with Crippen molar-refractivity contribution in [3.63, 3.8) is 0 Å². The highest BCUT2D eigenvalue weighted by atomic mass is 16.1. The molecule has 0 saturated carbocycles. The summed E-state index contributed by atoms with van der Waals surface area (Å²) in [5, 5.41) is 0. The van der Waals surface area contributed by atoms with Gasteiger partial charge in [-0.15, -0.1) is 0 Å². The highest BCUT2D eigenvalue weighted by molar-refractivity contribution is 5.65. The summed E-state index contributed by atoms with van der Waals surface area (Å²) in [7, 11) is 0. The average molecular weight is 240 g/mol. The fourth-order valence-corrected chi connectivity index (χ4v) is 1.51. The third kappa shape index (κ3) is 4.96. The number of benzene rings is 1. The molecule has 0 heterocycles. The molecule has 1 aromatic rings. The second kappa shape index (κ2) is 6.75. The van der Waals surface area contributed by atoms with E-state index in [0.29, 0.717) is 0 Å². The molecule has 0 unspecified atom stereocenters. The monoisotopic (exact) mass is 240 g/mol. The van der Waals surface area contributed by atoms with Gasteiger partial charge >= 0.3 is 0 Å². The van der Waals surface area contributed by atoms with E-state index in [9.17, 15) is 4.79 Å². The summed E-state index contributed by atoms with van der Waals surface area (Å²) >= 11 is 0. The number of allylic oxidation sites excluding steroid dienone is 5. The number of hydrogen-bond donors (Lipinski definition) is 0. The molecule has 94 valence electrons. The van der Waals surface area contributed by atoms with E-state index in [1.165, 1.54) is 17.2 Å². The number of carbonyl (C=O) groups is 1. The topological polar surface area (TPSA) is 17.1 Å². The lowest BCUT2D eigenvalue weighted by molar-refractivity contribution is -0.104. The molecule has 0 N–H and O–H groups in total. The van der Waals surface area contributed by atoms with Gasteiger partial charge in [-0.2, -0.15) is 0 Å². The first-order valence-corrected chi connectivity index (χ1v) is 6.10. The molecule has 0 amide bonds. The van der Waals surface area contributed by atoms with E-state index in [1.807, 2.05) is 30.4 Å². The van der Waals surface area contributed by atoms with Gasteiger partial charge in [-0.1, -0.05) is 75.4 Å². The molecule has 18 heavy (non-hydrogen) atoms. The number of hydrogen-bond acceptors (Lipinski definition) is 1. The molecule has 1 heteroatoms. The van der Waals surface area contributed by atoms with Gasteiger partial charge in [0.2, 0.25) is 0 Å². The summed E-state index contributed by atoms with van der Waals surface area (Å²) in [5.74, 6) is 0. The predicted molar refractivity (Wildman–Crippen MR) is 78.2 cm³/mol. The van der Waals surface area contributed by atoms with Crippen LogP contribution in [0.25, 0.3) is 6.08 Å². The van der Waals surface area contributed by atoms with Crippen LogP contribution in [0.3, 0.4) is 0 Å². The minimum absolute atomic E-state index is 0.0708. The van der Waals surface area contributed by atoms with E-state index >= 15 is 0 Å². The van der Waals surface area contributed by atoms with E-state index in [0.717, 1.165) is 6.29 Å². The van der Waals surface area contributed by atoms with Crippen molar-refractivity contribution in [3.8, 4) is 0 Å². The largest absolute Gasteiger partial charge is 0.299 e. The van der Waals surface area contributed by atoms with Gasteiger partial charge in [0.05, 0.1) is 0 Å². The Kier molecular flexibility index (Phi) is 5.31. The summed E-state index contributed by atoms with van der Waals surface area (Å²) in [6.45, 7) is 6.53. The smallest absolute Gasteiger partial charge is 0.142 e. The molecule has 1 aromatic carbocycles. The van der Waals surface area contributed by atoms with Gasteiger partial charge in [0.25, 0.3) is 0 Å². The maximum Gasteiger partial charge on any atom is 0.142 e. The maximum atomic E-state index is 10.2. The molecule has 0 aliphatic carbocycles. The number of rotatable bonds is 4. The molecular weight excluding hydrogens is 220 g/mol. The van der Waals surface area contributed by atoms with Crippen molar-refractivity contribution in [1.82, 2.24) is 0 Å². The molecule has 1 rings (SSSR count). The zero-order valence-electron chi connectivity index (χ0n) is 11.3. The Morgan fingerprint density at radius 1 is 1.00 bits per heavy atom. The van der Waals surface area contributed by atoms with Gasteiger partial charge in [-0.25, -0.2) is 0 Å². The lowest BCUT2D eigenvalue weighted by Gasteiger charge is -2.20. The van der Waals surface area contributed by atoms with Crippen LogP contribution in [0.1, 0.15) is 26.3 Å². The van der Waals surface area contributed by atoms with Crippen LogP contribution in [0.5, 0.6) is 0 Å². The first-order valence-electron chi connectivity index (χ1n) is 6.10. The quantitative estimate of drug-likeness (QED) is 0.432. The zero-order chi connectivity index (χ0) is 13.4. The van der Waals surface area contributed by atoms with Crippen molar-refractivity contribution in [1.29, 1.82) is 0 Å². The fraction of sp³-hybridized carbons (Fsp3) is 0.235. The minimum atomic E-state index is 0.0708. The molecule has 0 aliphatic heterocycles. The third-order valence-electron chi connectivity index (χ3n) is 2.56. The molecule has 0 aromatic heterocycles. The molecule has 0 bridgehead atoms. The summed E-state index contributed by atoms with van der Waals surface area (Å²) < 4.78 is 0. The molecule has 0 saturated heterocycles. The van der Waals surface area contributed by atoms with Crippen molar-refractivity contribution < 1.29 is 4.79 Å². The molecule has 0 fully saturated rings.